The van der Waals surface area contributed by atoms with E-state index in [9.17, 15) is 9.59 Å². The van der Waals surface area contributed by atoms with Gasteiger partial charge in [0.25, 0.3) is 5.91 Å². The minimum Gasteiger partial charge on any atom is -0.484 e. The maximum absolute atomic E-state index is 13.2. The van der Waals surface area contributed by atoms with Crippen LogP contribution in [0.4, 0.5) is 0 Å². The molecule has 2 rings (SSSR count). The molecular formula is C25H34N2O3. The van der Waals surface area contributed by atoms with Gasteiger partial charge < -0.3 is 15.0 Å². The van der Waals surface area contributed by atoms with Gasteiger partial charge >= 0.3 is 0 Å². The molecule has 5 nitrogen and oxygen atoms in total. The number of nitrogens with zero attached hydrogens (tertiary/aromatic N) is 1. The van der Waals surface area contributed by atoms with Gasteiger partial charge in [0, 0.05) is 12.6 Å². The van der Waals surface area contributed by atoms with E-state index in [1.807, 2.05) is 77.1 Å². The molecule has 0 aromatic heterocycles. The highest BCUT2D eigenvalue weighted by atomic mass is 16.5. The Balaban J connectivity index is 2.20. The molecule has 2 aromatic rings. The molecular weight excluding hydrogens is 376 g/mol. The number of aryl methyl sites for hydroxylation is 2. The number of amides is 2. The highest BCUT2D eigenvalue weighted by Gasteiger charge is 2.29. The lowest BCUT2D eigenvalue weighted by atomic mass is 10.1. The fourth-order valence-corrected chi connectivity index (χ4v) is 3.38. The molecule has 0 spiro atoms. The van der Waals surface area contributed by atoms with Crippen LogP contribution in [0.25, 0.3) is 0 Å². The summed E-state index contributed by atoms with van der Waals surface area (Å²) in [6, 6.07) is 15.1. The highest BCUT2D eigenvalue weighted by molar-refractivity contribution is 5.88. The molecule has 5 heteroatoms. The minimum absolute atomic E-state index is 0.0618. The van der Waals surface area contributed by atoms with Crippen molar-refractivity contribution in [1.29, 1.82) is 0 Å². The number of benzene rings is 2. The molecule has 0 fully saturated rings. The van der Waals surface area contributed by atoms with Crippen molar-refractivity contribution in [3.63, 3.8) is 0 Å². The third-order valence-corrected chi connectivity index (χ3v) is 5.14. The van der Waals surface area contributed by atoms with E-state index in [4.69, 9.17) is 4.74 Å². The molecule has 2 aromatic carbocycles. The Bertz CT molecular complexity index is 815. The van der Waals surface area contributed by atoms with Gasteiger partial charge in [-0.25, -0.2) is 0 Å². The zero-order valence-electron chi connectivity index (χ0n) is 18.8. The Labute approximate surface area is 180 Å². The second-order valence-corrected chi connectivity index (χ2v) is 7.86. The summed E-state index contributed by atoms with van der Waals surface area (Å²) in [6.07, 6.45) is 1.37. The predicted molar refractivity (Wildman–Crippen MR) is 120 cm³/mol. The molecule has 162 valence electrons. The molecule has 0 saturated heterocycles. The van der Waals surface area contributed by atoms with Gasteiger partial charge in [-0.3, -0.25) is 9.59 Å². The van der Waals surface area contributed by atoms with Crippen LogP contribution in [0.15, 0.2) is 48.5 Å². The van der Waals surface area contributed by atoms with Crippen LogP contribution in [0, 0.1) is 13.8 Å². The van der Waals surface area contributed by atoms with Crippen LogP contribution in [-0.2, 0) is 16.1 Å². The molecule has 0 aliphatic rings. The smallest absolute Gasteiger partial charge is 0.261 e. The molecule has 0 unspecified atom stereocenters. The molecule has 2 atom stereocenters. The third-order valence-electron chi connectivity index (χ3n) is 5.14. The molecule has 0 aliphatic heterocycles. The largest absolute Gasteiger partial charge is 0.484 e. The molecule has 0 aliphatic carbocycles. The summed E-state index contributed by atoms with van der Waals surface area (Å²) in [5.41, 5.74) is 3.14. The Morgan fingerprint density at radius 3 is 2.20 bits per heavy atom. The van der Waals surface area contributed by atoms with Gasteiger partial charge in [-0.1, -0.05) is 50.2 Å². The van der Waals surface area contributed by atoms with Crippen LogP contribution in [0.2, 0.25) is 0 Å². The second kappa shape index (κ2) is 11.4. The fraction of sp³-hybridized carbons (Fsp3) is 0.440. The molecule has 0 bridgehead atoms. The number of hydrogen-bond acceptors (Lipinski definition) is 3. The first-order chi connectivity index (χ1) is 14.3. The first kappa shape index (κ1) is 23.5. The van der Waals surface area contributed by atoms with E-state index in [2.05, 4.69) is 11.4 Å². The number of ether oxygens (including phenoxy) is 1. The van der Waals surface area contributed by atoms with Crippen molar-refractivity contribution >= 4 is 11.8 Å². The first-order valence-corrected chi connectivity index (χ1v) is 10.7. The normalized spacial score (nSPS) is 12.7. The number of hydrogen-bond donors (Lipinski definition) is 1. The van der Waals surface area contributed by atoms with E-state index in [1.165, 1.54) is 0 Å². The summed E-state index contributed by atoms with van der Waals surface area (Å²) in [5.74, 6) is 0.337. The minimum atomic E-state index is -0.547. The van der Waals surface area contributed by atoms with Crippen molar-refractivity contribution < 1.29 is 14.3 Å². The van der Waals surface area contributed by atoms with Crippen molar-refractivity contribution in [1.82, 2.24) is 10.2 Å². The van der Waals surface area contributed by atoms with E-state index in [0.717, 1.165) is 23.1 Å². The molecule has 2 amide bonds. The average molecular weight is 411 g/mol. The summed E-state index contributed by atoms with van der Waals surface area (Å²) in [5, 5.41) is 3.02. The Kier molecular flexibility index (Phi) is 8.90. The predicted octanol–water partition coefficient (Wildman–Crippen LogP) is 4.40. The Hall–Kier alpha value is -2.82. The van der Waals surface area contributed by atoms with Crippen LogP contribution < -0.4 is 10.1 Å². The Morgan fingerprint density at radius 1 is 1.00 bits per heavy atom. The quantitative estimate of drug-likeness (QED) is 0.631. The van der Waals surface area contributed by atoms with Crippen molar-refractivity contribution in [3.05, 3.63) is 65.2 Å². The van der Waals surface area contributed by atoms with Gasteiger partial charge in [0.15, 0.2) is 6.61 Å². The molecule has 0 saturated carbocycles. The van der Waals surface area contributed by atoms with Crippen molar-refractivity contribution in [2.45, 2.75) is 66.1 Å². The Morgan fingerprint density at radius 2 is 1.63 bits per heavy atom. The SMILES string of the molecule is CC[C@@H](C)NC(=O)[C@@H](CC)N(Cc1ccccc1)C(=O)COc1cc(C)cc(C)c1. The van der Waals surface area contributed by atoms with Gasteiger partial charge in [-0.05, 0) is 62.4 Å². The van der Waals surface area contributed by atoms with Gasteiger partial charge in [0.2, 0.25) is 5.91 Å². The molecule has 0 heterocycles. The lowest BCUT2D eigenvalue weighted by Gasteiger charge is -2.31. The van der Waals surface area contributed by atoms with Crippen molar-refractivity contribution in [2.75, 3.05) is 6.61 Å². The summed E-state index contributed by atoms with van der Waals surface area (Å²) in [4.78, 5) is 27.7. The zero-order chi connectivity index (χ0) is 22.1. The molecule has 1 N–H and O–H groups in total. The number of carbonyl (C=O) groups excluding carboxylic acids is 2. The third kappa shape index (κ3) is 6.90. The number of nitrogens with one attached hydrogen (secondary N) is 1. The van der Waals surface area contributed by atoms with Crippen LogP contribution >= 0.6 is 0 Å². The summed E-state index contributed by atoms with van der Waals surface area (Å²) in [6.45, 7) is 10.2. The van der Waals surface area contributed by atoms with E-state index in [1.54, 1.807) is 4.90 Å². The van der Waals surface area contributed by atoms with Crippen molar-refractivity contribution in [3.8, 4) is 5.75 Å². The highest BCUT2D eigenvalue weighted by Crippen LogP contribution is 2.18. The lowest BCUT2D eigenvalue weighted by Crippen LogP contribution is -2.51. The summed E-state index contributed by atoms with van der Waals surface area (Å²) < 4.78 is 5.80. The summed E-state index contributed by atoms with van der Waals surface area (Å²) >= 11 is 0. The van der Waals surface area contributed by atoms with Crippen LogP contribution in [0.1, 0.15) is 50.3 Å². The van der Waals surface area contributed by atoms with Gasteiger partial charge in [-0.2, -0.15) is 0 Å². The maximum Gasteiger partial charge on any atom is 0.261 e. The standard InChI is InChI=1S/C25H34N2O3/c1-6-20(5)26-25(29)23(7-2)27(16-21-11-9-8-10-12-21)24(28)17-30-22-14-18(3)13-19(4)15-22/h8-15,20,23H,6-7,16-17H2,1-5H3,(H,26,29)/t20-,23-/m1/s1. The van der Waals surface area contributed by atoms with Gasteiger partial charge in [0.05, 0.1) is 0 Å². The van der Waals surface area contributed by atoms with E-state index in [-0.39, 0.29) is 24.5 Å². The van der Waals surface area contributed by atoms with E-state index >= 15 is 0 Å². The second-order valence-electron chi connectivity index (χ2n) is 7.86. The van der Waals surface area contributed by atoms with Crippen LogP contribution in [-0.4, -0.2) is 35.4 Å². The van der Waals surface area contributed by atoms with E-state index < -0.39 is 6.04 Å². The van der Waals surface area contributed by atoms with E-state index in [0.29, 0.717) is 18.7 Å². The fourth-order valence-electron chi connectivity index (χ4n) is 3.38. The van der Waals surface area contributed by atoms with Crippen LogP contribution in [0.3, 0.4) is 0 Å². The lowest BCUT2D eigenvalue weighted by molar-refractivity contribution is -0.143. The summed E-state index contributed by atoms with van der Waals surface area (Å²) in [7, 11) is 0. The topological polar surface area (TPSA) is 58.6 Å². The monoisotopic (exact) mass is 410 g/mol. The molecule has 0 radical (unpaired) electrons. The first-order valence-electron chi connectivity index (χ1n) is 10.7. The van der Waals surface area contributed by atoms with Gasteiger partial charge in [-0.15, -0.1) is 0 Å². The average Bonchev–Trinajstić information content (AvgIpc) is 2.71. The zero-order valence-corrected chi connectivity index (χ0v) is 18.8. The van der Waals surface area contributed by atoms with Crippen molar-refractivity contribution in [2.24, 2.45) is 0 Å². The van der Waals surface area contributed by atoms with Crippen LogP contribution in [0.5, 0.6) is 5.75 Å². The molecule has 30 heavy (non-hydrogen) atoms. The maximum atomic E-state index is 13.2. The number of carbonyl (C=O) groups is 2. The van der Waals surface area contributed by atoms with Gasteiger partial charge in [0.1, 0.15) is 11.8 Å². The number of rotatable bonds is 10.